The number of nitrogens with two attached hydrogens (primary N) is 1. The minimum absolute atomic E-state index is 0.164. The Balaban J connectivity index is 1.88. The summed E-state index contributed by atoms with van der Waals surface area (Å²) in [5, 5.41) is 9.77. The topological polar surface area (TPSA) is 105 Å². The second-order valence-electron chi connectivity index (χ2n) is 6.19. The number of carbonyl (C=O) groups is 1. The third kappa shape index (κ3) is 2.10. The smallest absolute Gasteiger partial charge is 0.337 e. The summed E-state index contributed by atoms with van der Waals surface area (Å²) in [7, 11) is 0. The van der Waals surface area contributed by atoms with Gasteiger partial charge in [0.2, 0.25) is 5.28 Å². The Kier molecular flexibility index (Phi) is 2.83. The summed E-state index contributed by atoms with van der Waals surface area (Å²) in [6, 6.07) is 0. The van der Waals surface area contributed by atoms with Crippen LogP contribution in [0, 0.1) is 0 Å². The first-order valence-electron chi connectivity index (χ1n) is 7.24. The minimum Gasteiger partial charge on any atom is -0.478 e. The van der Waals surface area contributed by atoms with Crippen LogP contribution in [0.5, 0.6) is 0 Å². The largest absolute Gasteiger partial charge is 0.478 e. The molecule has 2 aliphatic carbocycles. The van der Waals surface area contributed by atoms with E-state index < -0.39 is 5.97 Å². The first-order valence-corrected chi connectivity index (χ1v) is 7.62. The quantitative estimate of drug-likeness (QED) is 0.750. The highest BCUT2D eigenvalue weighted by Gasteiger charge is 2.40. The van der Waals surface area contributed by atoms with Gasteiger partial charge in [-0.3, -0.25) is 0 Å². The summed E-state index contributed by atoms with van der Waals surface area (Å²) < 4.78 is 0. The summed E-state index contributed by atoms with van der Waals surface area (Å²) in [4.78, 5) is 23.3. The zero-order valence-electron chi connectivity index (χ0n) is 11.8. The minimum atomic E-state index is -0.916. The second-order valence-corrected chi connectivity index (χ2v) is 6.53. The van der Waals surface area contributed by atoms with E-state index in [9.17, 15) is 9.90 Å². The van der Waals surface area contributed by atoms with Crippen LogP contribution >= 0.6 is 11.6 Å². The van der Waals surface area contributed by atoms with Gasteiger partial charge < -0.3 is 15.8 Å². The van der Waals surface area contributed by atoms with E-state index in [0.717, 1.165) is 29.7 Å². The van der Waals surface area contributed by atoms with Gasteiger partial charge in [0, 0.05) is 23.9 Å². The maximum absolute atomic E-state index is 11.7. The summed E-state index contributed by atoms with van der Waals surface area (Å²) in [5.74, 6) is -0.916. The van der Waals surface area contributed by atoms with E-state index in [0.29, 0.717) is 36.2 Å². The van der Waals surface area contributed by atoms with Crippen molar-refractivity contribution in [3.63, 3.8) is 0 Å². The van der Waals surface area contributed by atoms with Crippen molar-refractivity contribution < 1.29 is 9.90 Å². The maximum Gasteiger partial charge on any atom is 0.337 e. The predicted octanol–water partition coefficient (Wildman–Crippen LogP) is 1.96. The molecule has 7 heteroatoms. The molecule has 2 heterocycles. The number of aromatic carboxylic acids is 1. The van der Waals surface area contributed by atoms with Crippen molar-refractivity contribution >= 4 is 17.6 Å². The standard InChI is InChI=1S/C15H15ClN4O2/c16-14-18-6-7-1-2-8-10(13(21)22)9(5-15(17)3-4-15)19-12(8)11(7)20-14/h6,19H,1-5,17H2,(H,21,22). The Bertz CT molecular complexity index is 795. The number of nitrogens with one attached hydrogen (secondary N) is 1. The van der Waals surface area contributed by atoms with E-state index in [1.807, 2.05) is 0 Å². The van der Waals surface area contributed by atoms with E-state index >= 15 is 0 Å². The van der Waals surface area contributed by atoms with Crippen LogP contribution in [0.2, 0.25) is 5.28 Å². The Hall–Kier alpha value is -1.92. The number of rotatable bonds is 3. The van der Waals surface area contributed by atoms with Gasteiger partial charge in [0.25, 0.3) is 0 Å². The number of halogens is 1. The molecule has 6 nitrogen and oxygen atoms in total. The zero-order chi connectivity index (χ0) is 15.5. The molecule has 0 spiro atoms. The van der Waals surface area contributed by atoms with Crippen molar-refractivity contribution in [2.24, 2.45) is 5.73 Å². The van der Waals surface area contributed by atoms with Gasteiger partial charge in [-0.15, -0.1) is 0 Å². The average molecular weight is 319 g/mol. The SMILES string of the molecule is NC1(Cc2[nH]c3c(c2C(=O)O)CCc2cnc(Cl)nc2-3)CC1. The summed E-state index contributed by atoms with van der Waals surface area (Å²) >= 11 is 5.90. The van der Waals surface area contributed by atoms with Gasteiger partial charge in [-0.25, -0.2) is 14.8 Å². The first-order chi connectivity index (χ1) is 10.5. The number of aromatic nitrogens is 3. The number of carboxylic acids is 1. The number of carboxylic acid groups (broad SMARTS) is 1. The molecular formula is C15H15ClN4O2. The van der Waals surface area contributed by atoms with Crippen LogP contribution in [0.3, 0.4) is 0 Å². The highest BCUT2D eigenvalue weighted by molar-refractivity contribution is 6.28. The summed E-state index contributed by atoms with van der Waals surface area (Å²) in [6.07, 6.45) is 5.49. The molecular weight excluding hydrogens is 304 g/mol. The lowest BCUT2D eigenvalue weighted by Crippen LogP contribution is -2.25. The molecule has 0 atom stereocenters. The summed E-state index contributed by atoms with van der Waals surface area (Å²) in [6.45, 7) is 0. The fourth-order valence-electron chi connectivity index (χ4n) is 3.17. The lowest BCUT2D eigenvalue weighted by molar-refractivity contribution is 0.0694. The molecule has 0 saturated heterocycles. The molecule has 2 aromatic heterocycles. The third-order valence-electron chi connectivity index (χ3n) is 4.53. The molecule has 1 saturated carbocycles. The van der Waals surface area contributed by atoms with Crippen LogP contribution in [-0.4, -0.2) is 31.6 Å². The van der Waals surface area contributed by atoms with Crippen molar-refractivity contribution in [3.05, 3.63) is 33.9 Å². The Morgan fingerprint density at radius 2 is 2.23 bits per heavy atom. The molecule has 1 fully saturated rings. The number of aromatic amines is 1. The van der Waals surface area contributed by atoms with Gasteiger partial charge in [-0.1, -0.05) is 0 Å². The molecule has 114 valence electrons. The van der Waals surface area contributed by atoms with E-state index in [4.69, 9.17) is 17.3 Å². The fraction of sp³-hybridized carbons (Fsp3) is 0.400. The number of aryl methyl sites for hydroxylation is 1. The van der Waals surface area contributed by atoms with Crippen molar-refractivity contribution in [1.82, 2.24) is 15.0 Å². The fourth-order valence-corrected chi connectivity index (χ4v) is 3.31. The average Bonchev–Trinajstić information content (AvgIpc) is 3.06. The van der Waals surface area contributed by atoms with E-state index in [-0.39, 0.29) is 10.8 Å². The maximum atomic E-state index is 11.7. The number of fused-ring (bicyclic) bond motifs is 3. The van der Waals surface area contributed by atoms with Crippen LogP contribution in [0.15, 0.2) is 6.20 Å². The van der Waals surface area contributed by atoms with Gasteiger partial charge in [0.15, 0.2) is 0 Å². The molecule has 2 aliphatic rings. The lowest BCUT2D eigenvalue weighted by Gasteiger charge is -2.15. The van der Waals surface area contributed by atoms with Gasteiger partial charge >= 0.3 is 5.97 Å². The van der Waals surface area contributed by atoms with Crippen LogP contribution in [0.4, 0.5) is 0 Å². The van der Waals surface area contributed by atoms with Gasteiger partial charge in [0.05, 0.1) is 17.0 Å². The monoisotopic (exact) mass is 318 g/mol. The van der Waals surface area contributed by atoms with Crippen LogP contribution in [-0.2, 0) is 19.3 Å². The molecule has 0 unspecified atom stereocenters. The van der Waals surface area contributed by atoms with Crippen molar-refractivity contribution in [2.45, 2.75) is 37.6 Å². The third-order valence-corrected chi connectivity index (χ3v) is 4.71. The van der Waals surface area contributed by atoms with Crippen LogP contribution < -0.4 is 5.73 Å². The van der Waals surface area contributed by atoms with Gasteiger partial charge in [-0.05, 0) is 48.4 Å². The Morgan fingerprint density at radius 3 is 2.91 bits per heavy atom. The number of nitrogens with zero attached hydrogens (tertiary/aromatic N) is 2. The molecule has 0 bridgehead atoms. The predicted molar refractivity (Wildman–Crippen MR) is 81.1 cm³/mol. The summed E-state index contributed by atoms with van der Waals surface area (Å²) in [5.41, 5.74) is 10.2. The lowest BCUT2D eigenvalue weighted by atomic mass is 9.92. The molecule has 0 aromatic carbocycles. The normalized spacial score (nSPS) is 17.7. The van der Waals surface area contributed by atoms with Crippen LogP contribution in [0.1, 0.15) is 40.0 Å². The van der Waals surface area contributed by atoms with Crippen LogP contribution in [0.25, 0.3) is 11.4 Å². The zero-order valence-corrected chi connectivity index (χ0v) is 12.6. The molecule has 4 N–H and O–H groups in total. The molecule has 4 rings (SSSR count). The van der Waals surface area contributed by atoms with Crippen molar-refractivity contribution in [3.8, 4) is 11.4 Å². The van der Waals surface area contributed by atoms with Gasteiger partial charge in [-0.2, -0.15) is 0 Å². The number of H-pyrrole nitrogens is 1. The number of hydrogen-bond acceptors (Lipinski definition) is 4. The molecule has 0 amide bonds. The van der Waals surface area contributed by atoms with E-state index in [2.05, 4.69) is 15.0 Å². The van der Waals surface area contributed by atoms with Gasteiger partial charge in [0.1, 0.15) is 0 Å². The second kappa shape index (κ2) is 4.54. The van der Waals surface area contributed by atoms with Crippen molar-refractivity contribution in [1.29, 1.82) is 0 Å². The highest BCUT2D eigenvalue weighted by Crippen LogP contribution is 2.40. The molecule has 0 aliphatic heterocycles. The molecule has 0 radical (unpaired) electrons. The number of hydrogen-bond donors (Lipinski definition) is 3. The van der Waals surface area contributed by atoms with E-state index in [1.165, 1.54) is 0 Å². The Morgan fingerprint density at radius 1 is 1.45 bits per heavy atom. The highest BCUT2D eigenvalue weighted by atomic mass is 35.5. The molecule has 22 heavy (non-hydrogen) atoms. The first kappa shape index (κ1) is 13.7. The Labute approximate surface area is 131 Å². The molecule has 2 aromatic rings. The van der Waals surface area contributed by atoms with Crippen molar-refractivity contribution in [2.75, 3.05) is 0 Å². The van der Waals surface area contributed by atoms with E-state index in [1.54, 1.807) is 6.20 Å².